The number of ether oxygens (including phenoxy) is 1. The Balaban J connectivity index is 3.24. The van der Waals surface area contributed by atoms with Crippen molar-refractivity contribution in [2.75, 3.05) is 6.61 Å². The highest BCUT2D eigenvalue weighted by molar-refractivity contribution is 5.75. The van der Waals surface area contributed by atoms with E-state index in [1.54, 1.807) is 0 Å². The number of hydrogen-bond donors (Lipinski definition) is 1. The second-order valence-corrected chi connectivity index (χ2v) is 7.85. The summed E-state index contributed by atoms with van der Waals surface area (Å²) in [6.45, 7) is 4.90. The first kappa shape index (κ1) is 26.2. The minimum absolute atomic E-state index is 0.226. The Kier molecular flexibility index (Phi) is 20.8. The van der Waals surface area contributed by atoms with E-state index in [0.29, 0.717) is 6.61 Å². The van der Waals surface area contributed by atoms with Crippen molar-refractivity contribution >= 4 is 5.97 Å². The van der Waals surface area contributed by atoms with Crippen molar-refractivity contribution in [3.63, 3.8) is 0 Å². The molecular weight excluding hydrogens is 334 g/mol. The molecule has 0 amide bonds. The third-order valence-electron chi connectivity index (χ3n) is 5.07. The fourth-order valence-electron chi connectivity index (χ4n) is 3.17. The molecule has 160 valence electrons. The summed E-state index contributed by atoms with van der Waals surface area (Å²) < 4.78 is 5.25. The van der Waals surface area contributed by atoms with E-state index in [0.717, 1.165) is 32.1 Å². The van der Waals surface area contributed by atoms with Crippen LogP contribution in [0.3, 0.4) is 0 Å². The predicted octanol–water partition coefficient (Wildman–Crippen LogP) is 7.08. The van der Waals surface area contributed by atoms with Crippen LogP contribution in [0.15, 0.2) is 12.2 Å². The van der Waals surface area contributed by atoms with E-state index in [9.17, 15) is 4.79 Å². The molecule has 0 aliphatic carbocycles. The molecule has 1 atom stereocenters. The Morgan fingerprint density at radius 3 is 1.78 bits per heavy atom. The molecule has 0 rings (SSSR count). The quantitative estimate of drug-likeness (QED) is 0.139. The number of carbonyl (C=O) groups excluding carboxylic acids is 1. The Labute approximate surface area is 169 Å². The van der Waals surface area contributed by atoms with Crippen molar-refractivity contribution in [1.82, 2.24) is 0 Å². The maximum absolute atomic E-state index is 11.7. The van der Waals surface area contributed by atoms with Gasteiger partial charge in [0.2, 0.25) is 0 Å². The van der Waals surface area contributed by atoms with E-state index in [1.807, 2.05) is 0 Å². The van der Waals surface area contributed by atoms with Crippen LogP contribution in [-0.4, -0.2) is 18.6 Å². The standard InChI is InChI=1S/C24H47NO2/c1-3-5-7-8-9-10-11-12-13-14-15-16-17-18-19-20-22-27-24(26)23(25)21-6-4-2/h12-13,23H,3-11,14-22,25H2,1-2H3/b13-12-/t23-/m0/s1. The van der Waals surface area contributed by atoms with Crippen LogP contribution in [0.25, 0.3) is 0 Å². The first-order valence-electron chi connectivity index (χ1n) is 11.8. The van der Waals surface area contributed by atoms with Gasteiger partial charge in [0, 0.05) is 0 Å². The second kappa shape index (κ2) is 21.5. The van der Waals surface area contributed by atoms with Crippen LogP contribution in [0.4, 0.5) is 0 Å². The maximum Gasteiger partial charge on any atom is 0.322 e. The molecule has 0 saturated heterocycles. The molecule has 27 heavy (non-hydrogen) atoms. The van der Waals surface area contributed by atoms with E-state index < -0.39 is 6.04 Å². The molecule has 0 aromatic heterocycles. The van der Waals surface area contributed by atoms with Crippen LogP contribution in [0.5, 0.6) is 0 Å². The van der Waals surface area contributed by atoms with Gasteiger partial charge in [-0.2, -0.15) is 0 Å². The molecule has 0 aromatic rings. The van der Waals surface area contributed by atoms with Crippen molar-refractivity contribution in [1.29, 1.82) is 0 Å². The molecule has 2 N–H and O–H groups in total. The van der Waals surface area contributed by atoms with Crippen LogP contribution in [0.2, 0.25) is 0 Å². The lowest BCUT2D eigenvalue weighted by atomic mass is 10.1. The van der Waals surface area contributed by atoms with Crippen molar-refractivity contribution in [2.24, 2.45) is 5.73 Å². The SMILES string of the molecule is CCCCCCCC/C=C\CCCCCCCCOC(=O)[C@@H](N)CCCC. The molecule has 0 aromatic carbocycles. The van der Waals surface area contributed by atoms with E-state index in [2.05, 4.69) is 26.0 Å². The Bertz CT molecular complexity index is 341. The molecule has 0 saturated carbocycles. The molecule has 0 radical (unpaired) electrons. The van der Waals surface area contributed by atoms with Crippen molar-refractivity contribution in [3.05, 3.63) is 12.2 Å². The van der Waals surface area contributed by atoms with Crippen LogP contribution >= 0.6 is 0 Å². The van der Waals surface area contributed by atoms with Gasteiger partial charge in [0.1, 0.15) is 6.04 Å². The third-order valence-corrected chi connectivity index (χ3v) is 5.07. The normalized spacial score (nSPS) is 12.6. The first-order chi connectivity index (χ1) is 13.2. The highest BCUT2D eigenvalue weighted by Gasteiger charge is 2.13. The average Bonchev–Trinajstić information content (AvgIpc) is 2.68. The first-order valence-corrected chi connectivity index (χ1v) is 11.8. The lowest BCUT2D eigenvalue weighted by Gasteiger charge is -2.10. The lowest BCUT2D eigenvalue weighted by Crippen LogP contribution is -2.32. The van der Waals surface area contributed by atoms with E-state index in [1.165, 1.54) is 77.0 Å². The summed E-state index contributed by atoms with van der Waals surface area (Å²) in [5.41, 5.74) is 5.79. The predicted molar refractivity (Wildman–Crippen MR) is 118 cm³/mol. The molecule has 0 aliphatic rings. The Morgan fingerprint density at radius 2 is 1.22 bits per heavy atom. The molecule has 0 unspecified atom stereocenters. The monoisotopic (exact) mass is 381 g/mol. The average molecular weight is 382 g/mol. The maximum atomic E-state index is 11.7. The largest absolute Gasteiger partial charge is 0.465 e. The zero-order valence-electron chi connectivity index (χ0n) is 18.4. The van der Waals surface area contributed by atoms with Gasteiger partial charge >= 0.3 is 5.97 Å². The fourth-order valence-corrected chi connectivity index (χ4v) is 3.17. The molecule has 0 aliphatic heterocycles. The van der Waals surface area contributed by atoms with Gasteiger partial charge in [0.05, 0.1) is 6.61 Å². The van der Waals surface area contributed by atoms with Gasteiger partial charge in [-0.1, -0.05) is 96.6 Å². The van der Waals surface area contributed by atoms with Gasteiger partial charge in [0.15, 0.2) is 0 Å². The van der Waals surface area contributed by atoms with E-state index in [4.69, 9.17) is 10.5 Å². The number of allylic oxidation sites excluding steroid dienone is 2. The zero-order valence-corrected chi connectivity index (χ0v) is 18.4. The van der Waals surface area contributed by atoms with Gasteiger partial charge in [-0.25, -0.2) is 0 Å². The highest BCUT2D eigenvalue weighted by Crippen LogP contribution is 2.10. The molecule has 0 heterocycles. The number of hydrogen-bond acceptors (Lipinski definition) is 3. The molecule has 0 bridgehead atoms. The number of esters is 1. The topological polar surface area (TPSA) is 52.3 Å². The van der Waals surface area contributed by atoms with Crippen LogP contribution < -0.4 is 5.73 Å². The summed E-state index contributed by atoms with van der Waals surface area (Å²) >= 11 is 0. The number of rotatable bonds is 20. The van der Waals surface area contributed by atoms with Gasteiger partial charge in [0.25, 0.3) is 0 Å². The Hall–Kier alpha value is -0.830. The van der Waals surface area contributed by atoms with Crippen LogP contribution in [0.1, 0.15) is 123 Å². The minimum Gasteiger partial charge on any atom is -0.465 e. The molecule has 3 nitrogen and oxygen atoms in total. The highest BCUT2D eigenvalue weighted by atomic mass is 16.5. The summed E-state index contributed by atoms with van der Waals surface area (Å²) in [5.74, 6) is -0.226. The summed E-state index contributed by atoms with van der Waals surface area (Å²) in [6, 6.07) is -0.431. The van der Waals surface area contributed by atoms with E-state index in [-0.39, 0.29) is 5.97 Å². The number of carbonyl (C=O) groups is 1. The van der Waals surface area contributed by atoms with Crippen molar-refractivity contribution < 1.29 is 9.53 Å². The molecule has 3 heteroatoms. The van der Waals surface area contributed by atoms with Crippen LogP contribution in [0, 0.1) is 0 Å². The number of nitrogens with two attached hydrogens (primary N) is 1. The minimum atomic E-state index is -0.431. The lowest BCUT2D eigenvalue weighted by molar-refractivity contribution is -0.145. The van der Waals surface area contributed by atoms with Crippen molar-refractivity contribution in [3.8, 4) is 0 Å². The summed E-state index contributed by atoms with van der Waals surface area (Å²) in [5, 5.41) is 0. The fraction of sp³-hybridized carbons (Fsp3) is 0.875. The van der Waals surface area contributed by atoms with Crippen LogP contribution in [-0.2, 0) is 9.53 Å². The Morgan fingerprint density at radius 1 is 0.741 bits per heavy atom. The molecule has 0 spiro atoms. The van der Waals surface area contributed by atoms with Crippen molar-refractivity contribution in [2.45, 2.75) is 129 Å². The van der Waals surface area contributed by atoms with Gasteiger partial charge in [-0.05, 0) is 38.5 Å². The summed E-state index contributed by atoms with van der Waals surface area (Å²) in [6.07, 6.45) is 25.6. The van der Waals surface area contributed by atoms with Gasteiger partial charge in [-0.15, -0.1) is 0 Å². The zero-order chi connectivity index (χ0) is 20.0. The van der Waals surface area contributed by atoms with Gasteiger partial charge in [-0.3, -0.25) is 4.79 Å². The number of unbranched alkanes of at least 4 members (excludes halogenated alkanes) is 13. The smallest absolute Gasteiger partial charge is 0.322 e. The molecular formula is C24H47NO2. The summed E-state index contributed by atoms with van der Waals surface area (Å²) in [7, 11) is 0. The third kappa shape index (κ3) is 19.7. The summed E-state index contributed by atoms with van der Waals surface area (Å²) in [4.78, 5) is 11.7. The van der Waals surface area contributed by atoms with Gasteiger partial charge < -0.3 is 10.5 Å². The van der Waals surface area contributed by atoms with E-state index >= 15 is 0 Å². The molecule has 0 fully saturated rings. The second-order valence-electron chi connectivity index (χ2n) is 7.85.